The summed E-state index contributed by atoms with van der Waals surface area (Å²) >= 11 is 1.74. The van der Waals surface area contributed by atoms with Crippen LogP contribution < -0.4 is 10.6 Å². The van der Waals surface area contributed by atoms with Crippen LogP contribution in [0.25, 0.3) is 0 Å². The minimum absolute atomic E-state index is 0.307. The Bertz CT molecular complexity index is 421. The van der Waals surface area contributed by atoms with Gasteiger partial charge in [0.05, 0.1) is 6.67 Å². The molecule has 0 aliphatic heterocycles. The number of nitrogens with zero attached hydrogens (tertiary/aromatic N) is 1. The van der Waals surface area contributed by atoms with Crippen molar-refractivity contribution in [1.29, 1.82) is 0 Å². The van der Waals surface area contributed by atoms with Crippen LogP contribution >= 0.6 is 11.8 Å². The number of alkyl halides is 1. The van der Waals surface area contributed by atoms with Gasteiger partial charge in [0.15, 0.2) is 5.96 Å². The van der Waals surface area contributed by atoms with E-state index in [0.29, 0.717) is 25.5 Å². The highest BCUT2D eigenvalue weighted by Crippen LogP contribution is 2.21. The lowest BCUT2D eigenvalue weighted by Gasteiger charge is -2.13. The fourth-order valence-corrected chi connectivity index (χ4v) is 2.38. The molecule has 2 N–H and O–H groups in total. The Balaban J connectivity index is 2.55. The van der Waals surface area contributed by atoms with Crippen LogP contribution in [0.5, 0.6) is 0 Å². The average molecular weight is 283 g/mol. The Morgan fingerprint density at radius 3 is 2.79 bits per heavy atom. The lowest BCUT2D eigenvalue weighted by molar-refractivity contribution is 0.470. The van der Waals surface area contributed by atoms with E-state index in [-0.39, 0.29) is 6.67 Å². The molecule has 0 aliphatic rings. The molecule has 0 atom stereocenters. The molecule has 0 bridgehead atoms. The molecule has 0 saturated carbocycles. The number of aliphatic imine (C=N–C) groups is 1. The molecule has 0 aromatic heterocycles. The van der Waals surface area contributed by atoms with Crippen molar-refractivity contribution >= 4 is 17.7 Å². The van der Waals surface area contributed by atoms with Crippen LogP contribution in [-0.2, 0) is 6.54 Å². The molecule has 0 aliphatic carbocycles. The molecular formula is C14H22FN3S. The predicted molar refractivity (Wildman–Crippen MR) is 81.8 cm³/mol. The van der Waals surface area contributed by atoms with Crippen LogP contribution in [-0.4, -0.2) is 32.5 Å². The molecule has 0 saturated heterocycles. The molecule has 5 heteroatoms. The van der Waals surface area contributed by atoms with Gasteiger partial charge in [-0.3, -0.25) is 9.38 Å². The standard InChI is InChI=1S/C14H22FN3S/c1-11-5-6-12(13(9-11)19-3)10-18-14(16-2)17-8-4-7-15/h5-6,9H,4,7-8,10H2,1-3H3,(H2,16,17,18). The number of guanidine groups is 1. The van der Waals surface area contributed by atoms with E-state index in [9.17, 15) is 4.39 Å². The van der Waals surface area contributed by atoms with Crippen LogP contribution in [0.4, 0.5) is 4.39 Å². The summed E-state index contributed by atoms with van der Waals surface area (Å²) in [5.74, 6) is 0.709. The molecule has 1 rings (SSSR count). The summed E-state index contributed by atoms with van der Waals surface area (Å²) in [4.78, 5) is 5.38. The summed E-state index contributed by atoms with van der Waals surface area (Å²) in [6.07, 6.45) is 2.58. The Labute approximate surface area is 119 Å². The lowest BCUT2D eigenvalue weighted by atomic mass is 10.1. The van der Waals surface area contributed by atoms with Crippen LogP contribution in [0.1, 0.15) is 17.5 Å². The number of nitrogens with one attached hydrogen (secondary N) is 2. The van der Waals surface area contributed by atoms with Crippen molar-refractivity contribution in [3.63, 3.8) is 0 Å². The van der Waals surface area contributed by atoms with E-state index in [1.165, 1.54) is 16.0 Å². The van der Waals surface area contributed by atoms with Gasteiger partial charge in [0.1, 0.15) is 0 Å². The largest absolute Gasteiger partial charge is 0.356 e. The van der Waals surface area contributed by atoms with Gasteiger partial charge >= 0.3 is 0 Å². The van der Waals surface area contributed by atoms with Gasteiger partial charge < -0.3 is 10.6 Å². The van der Waals surface area contributed by atoms with Crippen LogP contribution in [0.3, 0.4) is 0 Å². The van der Waals surface area contributed by atoms with Gasteiger partial charge in [0.2, 0.25) is 0 Å². The first-order chi connectivity index (χ1) is 9.21. The second-order valence-electron chi connectivity index (χ2n) is 4.21. The van der Waals surface area contributed by atoms with Crippen molar-refractivity contribution in [1.82, 2.24) is 10.6 Å². The van der Waals surface area contributed by atoms with Crippen molar-refractivity contribution in [2.24, 2.45) is 4.99 Å². The minimum Gasteiger partial charge on any atom is -0.356 e. The number of hydrogen-bond acceptors (Lipinski definition) is 2. The fourth-order valence-electron chi connectivity index (χ4n) is 1.67. The van der Waals surface area contributed by atoms with Gasteiger partial charge in [-0.1, -0.05) is 12.1 Å². The quantitative estimate of drug-likeness (QED) is 0.365. The summed E-state index contributed by atoms with van der Waals surface area (Å²) in [5, 5.41) is 6.32. The van der Waals surface area contributed by atoms with Gasteiger partial charge in [-0.15, -0.1) is 11.8 Å². The van der Waals surface area contributed by atoms with Crippen molar-refractivity contribution in [3.05, 3.63) is 29.3 Å². The van der Waals surface area contributed by atoms with E-state index in [1.807, 2.05) is 0 Å². The molecule has 0 unspecified atom stereocenters. The third-order valence-electron chi connectivity index (χ3n) is 2.72. The molecule has 19 heavy (non-hydrogen) atoms. The molecule has 0 spiro atoms. The summed E-state index contributed by atoms with van der Waals surface area (Å²) in [5.41, 5.74) is 2.50. The van der Waals surface area contributed by atoms with Crippen molar-refractivity contribution < 1.29 is 4.39 Å². The lowest BCUT2D eigenvalue weighted by Crippen LogP contribution is -2.37. The van der Waals surface area contributed by atoms with Gasteiger partial charge in [-0.05, 0) is 36.8 Å². The molecule has 106 valence electrons. The zero-order chi connectivity index (χ0) is 14.1. The zero-order valence-corrected chi connectivity index (χ0v) is 12.6. The van der Waals surface area contributed by atoms with Crippen molar-refractivity contribution in [2.75, 3.05) is 26.5 Å². The Morgan fingerprint density at radius 2 is 2.16 bits per heavy atom. The number of rotatable bonds is 6. The number of benzene rings is 1. The number of thioether (sulfide) groups is 1. The highest BCUT2D eigenvalue weighted by molar-refractivity contribution is 7.98. The number of aryl methyl sites for hydroxylation is 1. The monoisotopic (exact) mass is 283 g/mol. The first-order valence-corrected chi connectivity index (χ1v) is 7.57. The average Bonchev–Trinajstić information content (AvgIpc) is 2.43. The number of halogens is 1. The second kappa shape index (κ2) is 8.80. The molecule has 1 aromatic carbocycles. The third kappa shape index (κ3) is 5.51. The molecule has 0 fully saturated rings. The SMILES string of the molecule is CN=C(NCCCF)NCc1ccc(C)cc1SC. The van der Waals surface area contributed by atoms with Crippen LogP contribution in [0.15, 0.2) is 28.1 Å². The zero-order valence-electron chi connectivity index (χ0n) is 11.8. The maximum atomic E-state index is 12.0. The molecule has 1 aromatic rings. The predicted octanol–water partition coefficient (Wildman–Crippen LogP) is 2.74. The topological polar surface area (TPSA) is 36.4 Å². The summed E-state index contributed by atoms with van der Waals surface area (Å²) in [6, 6.07) is 6.42. The molecule has 0 heterocycles. The molecule has 0 radical (unpaired) electrons. The van der Waals surface area contributed by atoms with E-state index in [2.05, 4.69) is 47.0 Å². The highest BCUT2D eigenvalue weighted by atomic mass is 32.2. The van der Waals surface area contributed by atoms with E-state index >= 15 is 0 Å². The van der Waals surface area contributed by atoms with Gasteiger partial charge in [0.25, 0.3) is 0 Å². The Morgan fingerprint density at radius 1 is 1.37 bits per heavy atom. The van der Waals surface area contributed by atoms with Gasteiger partial charge in [-0.25, -0.2) is 0 Å². The molecule has 0 amide bonds. The Hall–Kier alpha value is -1.23. The molecular weight excluding hydrogens is 261 g/mol. The Kier molecular flexibility index (Phi) is 7.33. The van der Waals surface area contributed by atoms with Gasteiger partial charge in [0, 0.05) is 25.0 Å². The second-order valence-corrected chi connectivity index (χ2v) is 5.06. The normalized spacial score (nSPS) is 11.5. The maximum Gasteiger partial charge on any atom is 0.191 e. The summed E-state index contributed by atoms with van der Waals surface area (Å²) in [6.45, 7) is 3.10. The van der Waals surface area contributed by atoms with Crippen molar-refractivity contribution in [3.8, 4) is 0 Å². The molecule has 3 nitrogen and oxygen atoms in total. The van der Waals surface area contributed by atoms with Crippen LogP contribution in [0.2, 0.25) is 0 Å². The first-order valence-electron chi connectivity index (χ1n) is 6.35. The third-order valence-corrected chi connectivity index (χ3v) is 3.54. The summed E-state index contributed by atoms with van der Waals surface area (Å²) in [7, 11) is 1.72. The first kappa shape index (κ1) is 15.8. The highest BCUT2D eigenvalue weighted by Gasteiger charge is 2.03. The van der Waals surface area contributed by atoms with E-state index in [0.717, 1.165) is 0 Å². The van der Waals surface area contributed by atoms with E-state index in [1.54, 1.807) is 18.8 Å². The minimum atomic E-state index is -0.307. The van der Waals surface area contributed by atoms with Gasteiger partial charge in [-0.2, -0.15) is 0 Å². The fraction of sp³-hybridized carbons (Fsp3) is 0.500. The summed E-state index contributed by atoms with van der Waals surface area (Å²) < 4.78 is 12.0. The van der Waals surface area contributed by atoms with Crippen LogP contribution in [0, 0.1) is 6.92 Å². The smallest absolute Gasteiger partial charge is 0.191 e. The van der Waals surface area contributed by atoms with E-state index in [4.69, 9.17) is 0 Å². The van der Waals surface area contributed by atoms with E-state index < -0.39 is 0 Å². The number of hydrogen-bond donors (Lipinski definition) is 2. The van der Waals surface area contributed by atoms with Crippen molar-refractivity contribution in [2.45, 2.75) is 24.8 Å². The maximum absolute atomic E-state index is 12.0.